The van der Waals surface area contributed by atoms with Crippen LogP contribution in [-0.2, 0) is 6.61 Å². The van der Waals surface area contributed by atoms with Gasteiger partial charge in [0.25, 0.3) is 0 Å². The molecule has 0 fully saturated rings. The summed E-state index contributed by atoms with van der Waals surface area (Å²) < 4.78 is 11.3. The zero-order valence-corrected chi connectivity index (χ0v) is 17.6. The van der Waals surface area contributed by atoms with Crippen molar-refractivity contribution >= 4 is 46.7 Å². The molecule has 0 radical (unpaired) electrons. The van der Waals surface area contributed by atoms with Gasteiger partial charge in [0.15, 0.2) is 11.5 Å². The van der Waals surface area contributed by atoms with Crippen molar-refractivity contribution in [2.24, 2.45) is 4.99 Å². The van der Waals surface area contributed by atoms with Crippen LogP contribution in [0.25, 0.3) is 0 Å². The Hall–Kier alpha value is -2.20. The van der Waals surface area contributed by atoms with Gasteiger partial charge in [-0.3, -0.25) is 4.99 Å². The lowest BCUT2D eigenvalue weighted by Crippen LogP contribution is -2.00. The minimum absolute atomic E-state index is 0.283. The normalized spacial score (nSPS) is 11.0. The van der Waals surface area contributed by atoms with Gasteiger partial charge in [-0.2, -0.15) is 0 Å². The summed E-state index contributed by atoms with van der Waals surface area (Å²) in [5.74, 6) is 0.976. The third-order valence-corrected chi connectivity index (χ3v) is 5.23. The van der Waals surface area contributed by atoms with E-state index in [4.69, 9.17) is 44.3 Å². The SMILES string of the molecule is COc1cc(C=Nc2cccc(Cl)c2C)cc(Cl)c1OCc1ccccc1Cl. The van der Waals surface area contributed by atoms with Crippen molar-refractivity contribution in [1.82, 2.24) is 0 Å². The van der Waals surface area contributed by atoms with E-state index in [0.717, 1.165) is 22.4 Å². The zero-order chi connectivity index (χ0) is 20.1. The maximum Gasteiger partial charge on any atom is 0.180 e. The first kappa shape index (κ1) is 20.5. The first-order valence-corrected chi connectivity index (χ1v) is 9.66. The summed E-state index contributed by atoms with van der Waals surface area (Å²) in [4.78, 5) is 4.51. The number of ether oxygens (including phenoxy) is 2. The molecule has 0 saturated carbocycles. The van der Waals surface area contributed by atoms with E-state index < -0.39 is 0 Å². The van der Waals surface area contributed by atoms with Crippen LogP contribution in [0.1, 0.15) is 16.7 Å². The van der Waals surface area contributed by atoms with Crippen LogP contribution in [0.3, 0.4) is 0 Å². The molecule has 3 aromatic rings. The molecule has 0 unspecified atom stereocenters. The second-order valence-corrected chi connectivity index (χ2v) is 7.28. The van der Waals surface area contributed by atoms with Crippen molar-refractivity contribution in [3.05, 3.63) is 86.4 Å². The van der Waals surface area contributed by atoms with Gasteiger partial charge in [0.2, 0.25) is 0 Å². The minimum Gasteiger partial charge on any atom is -0.493 e. The van der Waals surface area contributed by atoms with Crippen LogP contribution >= 0.6 is 34.8 Å². The summed E-state index contributed by atoms with van der Waals surface area (Å²) in [6, 6.07) is 16.7. The molecule has 3 rings (SSSR count). The molecule has 0 aliphatic heterocycles. The second kappa shape index (κ2) is 9.33. The lowest BCUT2D eigenvalue weighted by molar-refractivity contribution is 0.285. The minimum atomic E-state index is 0.283. The van der Waals surface area contributed by atoms with E-state index in [9.17, 15) is 0 Å². The quantitative estimate of drug-likeness (QED) is 0.381. The van der Waals surface area contributed by atoms with Crippen LogP contribution in [0.2, 0.25) is 15.1 Å². The first-order chi connectivity index (χ1) is 13.5. The lowest BCUT2D eigenvalue weighted by atomic mass is 10.2. The average molecular weight is 435 g/mol. The van der Waals surface area contributed by atoms with Crippen LogP contribution in [0.4, 0.5) is 5.69 Å². The molecule has 0 saturated heterocycles. The number of nitrogens with zero attached hydrogens (tertiary/aromatic N) is 1. The van der Waals surface area contributed by atoms with Gasteiger partial charge in [-0.25, -0.2) is 0 Å². The zero-order valence-electron chi connectivity index (χ0n) is 15.4. The molecule has 0 spiro atoms. The third kappa shape index (κ3) is 4.79. The average Bonchev–Trinajstić information content (AvgIpc) is 2.69. The predicted octanol–water partition coefficient (Wildman–Crippen LogP) is 7.29. The molecule has 0 aromatic heterocycles. The fourth-order valence-corrected chi connectivity index (χ4v) is 3.23. The van der Waals surface area contributed by atoms with Crippen molar-refractivity contribution in [1.29, 1.82) is 0 Å². The van der Waals surface area contributed by atoms with Gasteiger partial charge in [0, 0.05) is 21.8 Å². The van der Waals surface area contributed by atoms with E-state index in [2.05, 4.69) is 4.99 Å². The molecule has 0 atom stereocenters. The summed E-state index contributed by atoms with van der Waals surface area (Å²) in [5.41, 5.74) is 3.36. The highest BCUT2D eigenvalue weighted by molar-refractivity contribution is 6.33. The maximum absolute atomic E-state index is 6.44. The highest BCUT2D eigenvalue weighted by Crippen LogP contribution is 2.37. The molecule has 3 aromatic carbocycles. The summed E-state index contributed by atoms with van der Waals surface area (Å²) >= 11 is 18.8. The molecule has 0 heterocycles. The Balaban J connectivity index is 1.84. The van der Waals surface area contributed by atoms with Crippen molar-refractivity contribution in [2.45, 2.75) is 13.5 Å². The highest BCUT2D eigenvalue weighted by Gasteiger charge is 2.13. The van der Waals surface area contributed by atoms with Crippen LogP contribution in [0, 0.1) is 6.92 Å². The third-order valence-electron chi connectivity index (χ3n) is 4.17. The van der Waals surface area contributed by atoms with Crippen molar-refractivity contribution in [3.8, 4) is 11.5 Å². The van der Waals surface area contributed by atoms with Crippen molar-refractivity contribution in [2.75, 3.05) is 7.11 Å². The van der Waals surface area contributed by atoms with Gasteiger partial charge < -0.3 is 9.47 Å². The number of methoxy groups -OCH3 is 1. The predicted molar refractivity (Wildman–Crippen MR) is 117 cm³/mol. The number of hydrogen-bond donors (Lipinski definition) is 0. The Morgan fingerprint density at radius 1 is 0.929 bits per heavy atom. The first-order valence-electron chi connectivity index (χ1n) is 8.52. The fraction of sp³-hybridized carbons (Fsp3) is 0.136. The van der Waals surface area contributed by atoms with Crippen LogP contribution in [-0.4, -0.2) is 13.3 Å². The molecule has 0 bridgehead atoms. The summed E-state index contributed by atoms with van der Waals surface area (Å²) in [6.07, 6.45) is 1.71. The van der Waals surface area contributed by atoms with E-state index in [1.165, 1.54) is 0 Å². The number of rotatable bonds is 6. The van der Waals surface area contributed by atoms with Crippen LogP contribution in [0.5, 0.6) is 11.5 Å². The molecule has 0 aliphatic carbocycles. The molecule has 144 valence electrons. The number of halogens is 3. The largest absolute Gasteiger partial charge is 0.493 e. The Morgan fingerprint density at radius 3 is 2.43 bits per heavy atom. The van der Waals surface area contributed by atoms with Crippen LogP contribution in [0.15, 0.2) is 59.6 Å². The van der Waals surface area contributed by atoms with Gasteiger partial charge in [-0.1, -0.05) is 59.1 Å². The highest BCUT2D eigenvalue weighted by atomic mass is 35.5. The number of hydrogen-bond acceptors (Lipinski definition) is 3. The van der Waals surface area contributed by atoms with Gasteiger partial charge in [0.1, 0.15) is 6.61 Å². The van der Waals surface area contributed by atoms with E-state index in [1.54, 1.807) is 19.4 Å². The topological polar surface area (TPSA) is 30.8 Å². The van der Waals surface area contributed by atoms with E-state index >= 15 is 0 Å². The van der Waals surface area contributed by atoms with E-state index in [-0.39, 0.29) is 6.61 Å². The maximum atomic E-state index is 6.44. The van der Waals surface area contributed by atoms with Gasteiger partial charge in [0.05, 0.1) is 17.8 Å². The van der Waals surface area contributed by atoms with E-state index in [1.807, 2.05) is 55.5 Å². The number of aliphatic imine (C=N–C) groups is 1. The molecule has 6 heteroatoms. The second-order valence-electron chi connectivity index (χ2n) is 6.06. The monoisotopic (exact) mass is 433 g/mol. The fourth-order valence-electron chi connectivity index (χ4n) is 2.60. The van der Waals surface area contributed by atoms with E-state index in [0.29, 0.717) is 26.6 Å². The number of benzene rings is 3. The lowest BCUT2D eigenvalue weighted by Gasteiger charge is -2.14. The summed E-state index contributed by atoms with van der Waals surface area (Å²) in [7, 11) is 1.57. The van der Waals surface area contributed by atoms with Gasteiger partial charge in [-0.15, -0.1) is 0 Å². The Labute approximate surface area is 179 Å². The molecule has 0 N–H and O–H groups in total. The molecular formula is C22H18Cl3NO2. The molecule has 28 heavy (non-hydrogen) atoms. The summed E-state index contributed by atoms with van der Waals surface area (Å²) in [6.45, 7) is 2.21. The van der Waals surface area contributed by atoms with Gasteiger partial charge in [-0.05, 0) is 48.4 Å². The molecular weight excluding hydrogens is 417 g/mol. The standard InChI is InChI=1S/C22H18Cl3NO2/c1-14-17(23)8-5-9-20(14)26-12-15-10-19(25)22(21(11-15)27-2)28-13-16-6-3-4-7-18(16)24/h3-12H,13H2,1-2H3. The van der Waals surface area contributed by atoms with Crippen LogP contribution < -0.4 is 9.47 Å². The van der Waals surface area contributed by atoms with Crippen molar-refractivity contribution < 1.29 is 9.47 Å². The molecule has 0 aliphatic rings. The van der Waals surface area contributed by atoms with Gasteiger partial charge >= 0.3 is 0 Å². The Kier molecular flexibility index (Phi) is 6.84. The van der Waals surface area contributed by atoms with Crippen molar-refractivity contribution in [3.63, 3.8) is 0 Å². The smallest absolute Gasteiger partial charge is 0.180 e. The summed E-state index contributed by atoms with van der Waals surface area (Å²) in [5, 5.41) is 1.74. The Bertz CT molecular complexity index is 1020. The Morgan fingerprint density at radius 2 is 1.68 bits per heavy atom. The molecule has 0 amide bonds. The molecule has 3 nitrogen and oxygen atoms in total.